The Morgan fingerprint density at radius 2 is 2.00 bits per heavy atom. The van der Waals surface area contributed by atoms with Gasteiger partial charge in [-0.05, 0) is 25.0 Å². The molecule has 128 valence electrons. The maximum absolute atomic E-state index is 12.5. The van der Waals surface area contributed by atoms with Gasteiger partial charge in [0.25, 0.3) is 0 Å². The summed E-state index contributed by atoms with van der Waals surface area (Å²) in [6, 6.07) is 4.56. The van der Waals surface area contributed by atoms with Crippen molar-refractivity contribution in [2.24, 2.45) is 0 Å². The molecule has 2 aromatic rings. The van der Waals surface area contributed by atoms with Gasteiger partial charge in [0, 0.05) is 17.1 Å². The van der Waals surface area contributed by atoms with Gasteiger partial charge < -0.3 is 10.1 Å². The Balaban J connectivity index is 1.57. The molecule has 1 heterocycles. The smallest absolute Gasteiger partial charge is 0.378 e. The number of alkyl halides is 3. The molecule has 0 radical (unpaired) electrons. The minimum atomic E-state index is -4.38. The Hall–Kier alpha value is -2.00. The zero-order valence-electron chi connectivity index (χ0n) is 12.5. The molecule has 3 rings (SSSR count). The number of nitrogens with zero attached hydrogens (tertiary/aromatic N) is 2. The van der Waals surface area contributed by atoms with Crippen LogP contribution in [0.3, 0.4) is 0 Å². The molecular formula is C15H14F3N3O2S. The van der Waals surface area contributed by atoms with E-state index in [0.29, 0.717) is 23.4 Å². The van der Waals surface area contributed by atoms with E-state index in [-0.39, 0.29) is 18.2 Å². The number of nitrogens with one attached hydrogen (secondary N) is 1. The first-order valence-corrected chi connectivity index (χ1v) is 8.12. The van der Waals surface area contributed by atoms with Gasteiger partial charge in [0.1, 0.15) is 0 Å². The van der Waals surface area contributed by atoms with Gasteiger partial charge >= 0.3 is 6.18 Å². The Labute approximate surface area is 140 Å². The summed E-state index contributed by atoms with van der Waals surface area (Å²) in [5, 5.41) is 2.91. The van der Waals surface area contributed by atoms with Gasteiger partial charge in [0.2, 0.25) is 11.0 Å². The molecular weight excluding hydrogens is 343 g/mol. The lowest BCUT2D eigenvalue weighted by Gasteiger charge is -2.06. The summed E-state index contributed by atoms with van der Waals surface area (Å²) in [6.07, 6.45) is -1.75. The highest BCUT2D eigenvalue weighted by Crippen LogP contribution is 2.31. The minimum Gasteiger partial charge on any atom is -0.378 e. The molecule has 0 spiro atoms. The fourth-order valence-electron chi connectivity index (χ4n) is 1.93. The van der Waals surface area contributed by atoms with Crippen LogP contribution in [-0.4, -0.2) is 28.0 Å². The average molecular weight is 357 g/mol. The number of halogens is 3. The van der Waals surface area contributed by atoms with Crippen molar-refractivity contribution >= 4 is 22.6 Å². The molecule has 0 unspecified atom stereocenters. The number of benzene rings is 1. The lowest BCUT2D eigenvalue weighted by Crippen LogP contribution is -2.14. The highest BCUT2D eigenvalue weighted by molar-refractivity contribution is 7.10. The number of aromatic nitrogens is 2. The van der Waals surface area contributed by atoms with Crippen LogP contribution in [0, 0.1) is 0 Å². The van der Waals surface area contributed by atoms with Crippen LogP contribution in [0.4, 0.5) is 18.3 Å². The van der Waals surface area contributed by atoms with E-state index >= 15 is 0 Å². The standard InChI is InChI=1S/C15H14F3N3O2S/c16-15(17,18)10-3-1-9(2-4-10)13-20-14(24-21-13)19-12(22)7-8-23-11-5-6-11/h1-4,11H,5-8H2,(H,19,20,21,22). The molecule has 9 heteroatoms. The van der Waals surface area contributed by atoms with E-state index in [1.165, 1.54) is 12.1 Å². The zero-order valence-corrected chi connectivity index (χ0v) is 13.3. The van der Waals surface area contributed by atoms with Gasteiger partial charge in [0.15, 0.2) is 5.82 Å². The molecule has 1 N–H and O–H groups in total. The highest BCUT2D eigenvalue weighted by atomic mass is 32.1. The number of ether oxygens (including phenoxy) is 1. The van der Waals surface area contributed by atoms with Crippen molar-refractivity contribution in [1.82, 2.24) is 9.36 Å². The lowest BCUT2D eigenvalue weighted by atomic mass is 10.1. The Bertz CT molecular complexity index is 711. The number of anilines is 1. The first-order chi connectivity index (χ1) is 11.4. The number of carbonyl (C=O) groups excluding carboxylic acids is 1. The van der Waals surface area contributed by atoms with Crippen LogP contribution in [0.15, 0.2) is 24.3 Å². The van der Waals surface area contributed by atoms with E-state index in [9.17, 15) is 18.0 Å². The van der Waals surface area contributed by atoms with E-state index in [1.54, 1.807) is 0 Å². The third-order valence-electron chi connectivity index (χ3n) is 3.35. The Morgan fingerprint density at radius 3 is 2.62 bits per heavy atom. The summed E-state index contributed by atoms with van der Waals surface area (Å²) >= 11 is 0.978. The quantitative estimate of drug-likeness (QED) is 0.856. The van der Waals surface area contributed by atoms with E-state index < -0.39 is 11.7 Å². The molecule has 1 saturated carbocycles. The molecule has 1 fully saturated rings. The first kappa shape index (κ1) is 16.8. The molecule has 0 bridgehead atoms. The van der Waals surface area contributed by atoms with Crippen LogP contribution >= 0.6 is 11.5 Å². The largest absolute Gasteiger partial charge is 0.416 e. The molecule has 1 aromatic carbocycles. The monoisotopic (exact) mass is 357 g/mol. The van der Waals surface area contributed by atoms with Crippen molar-refractivity contribution in [3.05, 3.63) is 29.8 Å². The second-order valence-electron chi connectivity index (χ2n) is 5.37. The van der Waals surface area contributed by atoms with Crippen LogP contribution in [0.25, 0.3) is 11.4 Å². The second-order valence-corrected chi connectivity index (χ2v) is 6.12. The maximum Gasteiger partial charge on any atom is 0.416 e. The summed E-state index contributed by atoms with van der Waals surface area (Å²) < 4.78 is 47.1. The van der Waals surface area contributed by atoms with E-state index in [0.717, 1.165) is 36.5 Å². The van der Waals surface area contributed by atoms with Crippen LogP contribution in [0.5, 0.6) is 0 Å². The molecule has 1 amide bonds. The SMILES string of the molecule is O=C(CCOC1CC1)Nc1nc(-c2ccc(C(F)(F)F)cc2)ns1. The number of rotatable bonds is 6. The number of amides is 1. The van der Waals surface area contributed by atoms with Gasteiger partial charge in [-0.2, -0.15) is 22.5 Å². The average Bonchev–Trinajstić information content (AvgIpc) is 3.24. The molecule has 0 atom stereocenters. The summed E-state index contributed by atoms with van der Waals surface area (Å²) in [7, 11) is 0. The van der Waals surface area contributed by atoms with Crippen molar-refractivity contribution in [1.29, 1.82) is 0 Å². The van der Waals surface area contributed by atoms with Gasteiger partial charge in [0.05, 0.1) is 24.7 Å². The zero-order chi connectivity index (χ0) is 17.2. The van der Waals surface area contributed by atoms with Crippen LogP contribution in [0.1, 0.15) is 24.8 Å². The normalized spacial score (nSPS) is 14.6. The third-order valence-corrected chi connectivity index (χ3v) is 3.98. The van der Waals surface area contributed by atoms with E-state index in [1.807, 2.05) is 0 Å². The van der Waals surface area contributed by atoms with Crippen molar-refractivity contribution in [2.45, 2.75) is 31.5 Å². The first-order valence-electron chi connectivity index (χ1n) is 7.34. The van der Waals surface area contributed by atoms with Crippen LogP contribution in [0.2, 0.25) is 0 Å². The highest BCUT2D eigenvalue weighted by Gasteiger charge is 2.30. The molecule has 0 aliphatic heterocycles. The Kier molecular flexibility index (Phi) is 4.81. The van der Waals surface area contributed by atoms with Gasteiger partial charge in [-0.15, -0.1) is 0 Å². The molecule has 1 aliphatic rings. The van der Waals surface area contributed by atoms with Crippen molar-refractivity contribution in [3.63, 3.8) is 0 Å². The fourth-order valence-corrected chi connectivity index (χ4v) is 2.54. The van der Waals surface area contributed by atoms with E-state index in [2.05, 4.69) is 14.7 Å². The molecule has 1 aromatic heterocycles. The van der Waals surface area contributed by atoms with Crippen LogP contribution < -0.4 is 5.32 Å². The summed E-state index contributed by atoms with van der Waals surface area (Å²) in [5.74, 6) is 0.0454. The predicted molar refractivity (Wildman–Crippen MR) is 82.6 cm³/mol. The second kappa shape index (κ2) is 6.86. The van der Waals surface area contributed by atoms with Gasteiger partial charge in [-0.1, -0.05) is 12.1 Å². The summed E-state index contributed by atoms with van der Waals surface area (Å²) in [4.78, 5) is 15.9. The fraction of sp³-hybridized carbons (Fsp3) is 0.400. The third kappa shape index (κ3) is 4.51. The summed E-state index contributed by atoms with van der Waals surface area (Å²) in [5.41, 5.74) is -0.275. The number of hydrogen-bond donors (Lipinski definition) is 1. The predicted octanol–water partition coefficient (Wildman–Crippen LogP) is 3.73. The van der Waals surface area contributed by atoms with Crippen molar-refractivity contribution in [2.75, 3.05) is 11.9 Å². The Morgan fingerprint density at radius 1 is 1.29 bits per heavy atom. The topological polar surface area (TPSA) is 64.1 Å². The number of hydrogen-bond acceptors (Lipinski definition) is 5. The van der Waals surface area contributed by atoms with Gasteiger partial charge in [-0.3, -0.25) is 4.79 Å². The maximum atomic E-state index is 12.5. The molecule has 0 saturated heterocycles. The van der Waals surface area contributed by atoms with Crippen molar-refractivity contribution in [3.8, 4) is 11.4 Å². The van der Waals surface area contributed by atoms with Gasteiger partial charge in [-0.25, -0.2) is 0 Å². The van der Waals surface area contributed by atoms with Crippen molar-refractivity contribution < 1.29 is 22.7 Å². The molecule has 1 aliphatic carbocycles. The lowest BCUT2D eigenvalue weighted by molar-refractivity contribution is -0.137. The van der Waals surface area contributed by atoms with E-state index in [4.69, 9.17) is 4.74 Å². The van der Waals surface area contributed by atoms with Crippen LogP contribution in [-0.2, 0) is 15.7 Å². The molecule has 24 heavy (non-hydrogen) atoms. The minimum absolute atomic E-state index is 0.228. The summed E-state index contributed by atoms with van der Waals surface area (Å²) in [6.45, 7) is 0.362. The molecule has 5 nitrogen and oxygen atoms in total. The number of carbonyl (C=O) groups is 1.